The highest BCUT2D eigenvalue weighted by molar-refractivity contribution is 6.30. The van der Waals surface area contributed by atoms with Crippen LogP contribution in [0.25, 0.3) is 0 Å². The van der Waals surface area contributed by atoms with Crippen molar-refractivity contribution in [3.8, 4) is 0 Å². The summed E-state index contributed by atoms with van der Waals surface area (Å²) in [6.07, 6.45) is 1.45. The Balaban J connectivity index is 2.07. The van der Waals surface area contributed by atoms with Gasteiger partial charge < -0.3 is 0 Å². The molecule has 0 saturated heterocycles. The fraction of sp³-hybridized carbons (Fsp3) is 0.250. The average Bonchev–Trinajstić information content (AvgIpc) is 2.40. The van der Waals surface area contributed by atoms with Crippen LogP contribution < -0.4 is 0 Å². The SMILES string of the molecule is Fc1ccccc1CC(CCl)Cc1cccc(Cl)c1. The van der Waals surface area contributed by atoms with E-state index in [0.29, 0.717) is 12.3 Å². The zero-order valence-corrected chi connectivity index (χ0v) is 12.0. The highest BCUT2D eigenvalue weighted by Crippen LogP contribution is 2.20. The van der Waals surface area contributed by atoms with E-state index in [4.69, 9.17) is 23.2 Å². The van der Waals surface area contributed by atoms with Crippen molar-refractivity contribution in [3.63, 3.8) is 0 Å². The van der Waals surface area contributed by atoms with Gasteiger partial charge in [0.25, 0.3) is 0 Å². The van der Waals surface area contributed by atoms with Gasteiger partial charge in [-0.1, -0.05) is 41.9 Å². The van der Waals surface area contributed by atoms with Gasteiger partial charge in [-0.2, -0.15) is 0 Å². The van der Waals surface area contributed by atoms with E-state index in [1.807, 2.05) is 36.4 Å². The largest absolute Gasteiger partial charge is 0.207 e. The summed E-state index contributed by atoms with van der Waals surface area (Å²) in [5.74, 6) is 0.543. The molecule has 0 aliphatic carbocycles. The Labute approximate surface area is 123 Å². The second kappa shape index (κ2) is 6.93. The fourth-order valence-electron chi connectivity index (χ4n) is 2.15. The quantitative estimate of drug-likeness (QED) is 0.672. The Morgan fingerprint density at radius 2 is 1.79 bits per heavy atom. The molecule has 1 atom stereocenters. The summed E-state index contributed by atoms with van der Waals surface area (Å²) in [5, 5.41) is 0.719. The number of benzene rings is 2. The molecule has 0 N–H and O–H groups in total. The number of hydrogen-bond donors (Lipinski definition) is 0. The second-order valence-electron chi connectivity index (χ2n) is 4.65. The van der Waals surface area contributed by atoms with Crippen LogP contribution in [0.4, 0.5) is 4.39 Å². The van der Waals surface area contributed by atoms with Crippen molar-refractivity contribution >= 4 is 23.2 Å². The highest BCUT2D eigenvalue weighted by atomic mass is 35.5. The van der Waals surface area contributed by atoms with E-state index >= 15 is 0 Å². The van der Waals surface area contributed by atoms with Crippen LogP contribution in [-0.4, -0.2) is 5.88 Å². The van der Waals surface area contributed by atoms with Crippen molar-refractivity contribution in [1.82, 2.24) is 0 Å². The van der Waals surface area contributed by atoms with Crippen LogP contribution >= 0.6 is 23.2 Å². The standard InChI is InChI=1S/C16H15Cl2F/c17-11-13(8-12-4-3-6-15(18)10-12)9-14-5-1-2-7-16(14)19/h1-7,10,13H,8-9,11H2. The van der Waals surface area contributed by atoms with Gasteiger partial charge in [0.2, 0.25) is 0 Å². The van der Waals surface area contributed by atoms with Crippen LogP contribution in [-0.2, 0) is 12.8 Å². The number of hydrogen-bond acceptors (Lipinski definition) is 0. The van der Waals surface area contributed by atoms with Crippen LogP contribution in [0, 0.1) is 11.7 Å². The van der Waals surface area contributed by atoms with E-state index in [1.165, 1.54) is 6.07 Å². The summed E-state index contributed by atoms with van der Waals surface area (Å²) in [6, 6.07) is 14.6. The average molecular weight is 297 g/mol. The molecule has 0 nitrogen and oxygen atoms in total. The maximum atomic E-state index is 13.6. The summed E-state index contributed by atoms with van der Waals surface area (Å²) < 4.78 is 13.6. The van der Waals surface area contributed by atoms with Crippen molar-refractivity contribution < 1.29 is 4.39 Å². The predicted octanol–water partition coefficient (Wildman–Crippen LogP) is 5.12. The lowest BCUT2D eigenvalue weighted by Crippen LogP contribution is -2.11. The zero-order chi connectivity index (χ0) is 13.7. The van der Waals surface area contributed by atoms with Crippen LogP contribution in [0.15, 0.2) is 48.5 Å². The first-order chi connectivity index (χ1) is 9.19. The molecule has 0 bridgehead atoms. The van der Waals surface area contributed by atoms with E-state index in [-0.39, 0.29) is 11.7 Å². The molecule has 0 amide bonds. The van der Waals surface area contributed by atoms with Gasteiger partial charge in [0, 0.05) is 10.9 Å². The Bertz CT molecular complexity index is 540. The molecule has 0 heterocycles. The lowest BCUT2D eigenvalue weighted by molar-refractivity contribution is 0.546. The number of rotatable bonds is 5. The lowest BCUT2D eigenvalue weighted by atomic mass is 9.94. The first kappa shape index (κ1) is 14.4. The molecule has 19 heavy (non-hydrogen) atoms. The minimum absolute atomic E-state index is 0.163. The van der Waals surface area contributed by atoms with Gasteiger partial charge in [-0.25, -0.2) is 4.39 Å². The van der Waals surface area contributed by atoms with E-state index in [0.717, 1.165) is 22.6 Å². The smallest absolute Gasteiger partial charge is 0.126 e. The van der Waals surface area contributed by atoms with Crippen LogP contribution in [0.3, 0.4) is 0 Å². The maximum absolute atomic E-state index is 13.6. The Kier molecular flexibility index (Phi) is 5.24. The third kappa shape index (κ3) is 4.22. The number of alkyl halides is 1. The van der Waals surface area contributed by atoms with Crippen molar-refractivity contribution in [1.29, 1.82) is 0 Å². The molecule has 0 radical (unpaired) electrons. The molecule has 2 rings (SSSR count). The van der Waals surface area contributed by atoms with Crippen molar-refractivity contribution in [2.24, 2.45) is 5.92 Å². The van der Waals surface area contributed by atoms with Gasteiger partial charge in [0.15, 0.2) is 0 Å². The van der Waals surface area contributed by atoms with Crippen molar-refractivity contribution in [2.45, 2.75) is 12.8 Å². The molecule has 2 aromatic rings. The van der Waals surface area contributed by atoms with Gasteiger partial charge >= 0.3 is 0 Å². The van der Waals surface area contributed by atoms with Gasteiger partial charge in [-0.15, -0.1) is 11.6 Å². The predicted molar refractivity (Wildman–Crippen MR) is 79.5 cm³/mol. The molecule has 0 fully saturated rings. The molecule has 1 unspecified atom stereocenters. The molecule has 0 aliphatic heterocycles. The summed E-state index contributed by atoms with van der Waals surface area (Å²) in [5.41, 5.74) is 1.85. The molecule has 0 aliphatic rings. The second-order valence-corrected chi connectivity index (χ2v) is 5.39. The topological polar surface area (TPSA) is 0 Å². The molecule has 2 aromatic carbocycles. The van der Waals surface area contributed by atoms with E-state index in [2.05, 4.69) is 0 Å². The van der Waals surface area contributed by atoms with Crippen molar-refractivity contribution in [3.05, 3.63) is 70.5 Å². The third-order valence-corrected chi connectivity index (χ3v) is 3.77. The Hall–Kier alpha value is -1.05. The first-order valence-corrected chi connectivity index (χ1v) is 7.14. The lowest BCUT2D eigenvalue weighted by Gasteiger charge is -2.14. The first-order valence-electron chi connectivity index (χ1n) is 6.23. The molecule has 3 heteroatoms. The van der Waals surface area contributed by atoms with Crippen molar-refractivity contribution in [2.75, 3.05) is 5.88 Å². The fourth-order valence-corrected chi connectivity index (χ4v) is 2.58. The highest BCUT2D eigenvalue weighted by Gasteiger charge is 2.12. The summed E-state index contributed by atoms with van der Waals surface area (Å²) in [6.45, 7) is 0. The number of halogens is 3. The normalized spacial score (nSPS) is 12.4. The van der Waals surface area contributed by atoms with Crippen LogP contribution in [0.2, 0.25) is 5.02 Å². The van der Waals surface area contributed by atoms with Gasteiger partial charge in [0.1, 0.15) is 5.82 Å². The summed E-state index contributed by atoms with van der Waals surface area (Å²) in [4.78, 5) is 0. The maximum Gasteiger partial charge on any atom is 0.126 e. The molecule has 0 saturated carbocycles. The van der Waals surface area contributed by atoms with Gasteiger partial charge in [-0.3, -0.25) is 0 Å². The molecule has 100 valence electrons. The van der Waals surface area contributed by atoms with Crippen LogP contribution in [0.5, 0.6) is 0 Å². The van der Waals surface area contributed by atoms with Gasteiger partial charge in [-0.05, 0) is 48.1 Å². The molecular weight excluding hydrogens is 282 g/mol. The zero-order valence-electron chi connectivity index (χ0n) is 10.5. The van der Waals surface area contributed by atoms with E-state index in [9.17, 15) is 4.39 Å². The monoisotopic (exact) mass is 296 g/mol. The minimum atomic E-state index is -0.163. The Morgan fingerprint density at radius 1 is 1.00 bits per heavy atom. The summed E-state index contributed by atoms with van der Waals surface area (Å²) >= 11 is 12.0. The van der Waals surface area contributed by atoms with E-state index in [1.54, 1.807) is 6.07 Å². The molecule has 0 aromatic heterocycles. The minimum Gasteiger partial charge on any atom is -0.207 e. The van der Waals surface area contributed by atoms with E-state index < -0.39 is 0 Å². The molecular formula is C16H15Cl2F. The van der Waals surface area contributed by atoms with Crippen LogP contribution in [0.1, 0.15) is 11.1 Å². The molecule has 0 spiro atoms. The summed E-state index contributed by atoms with van der Waals surface area (Å²) in [7, 11) is 0. The van der Waals surface area contributed by atoms with Gasteiger partial charge in [0.05, 0.1) is 0 Å². The Morgan fingerprint density at radius 3 is 2.47 bits per heavy atom. The third-order valence-electron chi connectivity index (χ3n) is 3.10.